The number of hydrogen-bond acceptors (Lipinski definition) is 5. The predicted molar refractivity (Wildman–Crippen MR) is 156 cm³/mol. The van der Waals surface area contributed by atoms with Gasteiger partial charge in [-0.3, -0.25) is 4.79 Å². The fraction of sp³-hybridized carbons (Fsp3) is 0.120. The van der Waals surface area contributed by atoms with Crippen molar-refractivity contribution in [2.45, 2.75) is 20.0 Å². The van der Waals surface area contributed by atoms with Gasteiger partial charge in [-0.15, -0.1) is 0 Å². The molecule has 0 atom stereocenters. The largest absolute Gasteiger partial charge is 0.487 e. The van der Waals surface area contributed by atoms with Crippen molar-refractivity contribution in [2.75, 3.05) is 0 Å². The van der Waals surface area contributed by atoms with E-state index >= 15 is 0 Å². The summed E-state index contributed by atoms with van der Waals surface area (Å²) in [6.45, 7) is 2.25. The molecule has 35 heavy (non-hydrogen) atoms. The van der Waals surface area contributed by atoms with E-state index in [0.29, 0.717) is 29.8 Å². The van der Waals surface area contributed by atoms with Crippen LogP contribution >= 0.6 is 61.1 Å². The Morgan fingerprint density at radius 2 is 1.83 bits per heavy atom. The van der Waals surface area contributed by atoms with E-state index in [2.05, 4.69) is 71.2 Å². The van der Waals surface area contributed by atoms with Crippen molar-refractivity contribution in [3.63, 3.8) is 0 Å². The van der Waals surface area contributed by atoms with E-state index in [1.165, 1.54) is 4.68 Å². The summed E-state index contributed by atoms with van der Waals surface area (Å²) in [6, 6.07) is 15.9. The third kappa shape index (κ3) is 5.92. The quantitative estimate of drug-likeness (QED) is 0.182. The molecule has 0 radical (unpaired) electrons. The van der Waals surface area contributed by atoms with Crippen LogP contribution < -0.4 is 10.3 Å². The highest BCUT2D eigenvalue weighted by atomic mass is 127. The third-order valence-electron chi connectivity index (χ3n) is 5.12. The number of fused-ring (bicyclic) bond motifs is 1. The summed E-state index contributed by atoms with van der Waals surface area (Å²) < 4.78 is 9.94. The molecule has 10 heteroatoms. The van der Waals surface area contributed by atoms with Crippen molar-refractivity contribution in [3.8, 4) is 5.75 Å². The van der Waals surface area contributed by atoms with E-state index in [1.54, 1.807) is 36.5 Å². The number of aryl methyl sites for hydroxylation is 1. The molecule has 0 bridgehead atoms. The molecule has 1 aromatic heterocycles. The van der Waals surface area contributed by atoms with Crippen molar-refractivity contribution in [1.29, 1.82) is 0 Å². The molecule has 1 N–H and O–H groups in total. The van der Waals surface area contributed by atoms with Gasteiger partial charge in [0.25, 0.3) is 5.56 Å². The summed E-state index contributed by atoms with van der Waals surface area (Å²) in [7, 11) is 0. The molecule has 178 valence electrons. The molecule has 4 aromatic rings. The van der Waals surface area contributed by atoms with Crippen LogP contribution in [0.5, 0.6) is 5.75 Å². The minimum atomic E-state index is -0.959. The van der Waals surface area contributed by atoms with Crippen molar-refractivity contribution < 1.29 is 14.6 Å². The van der Waals surface area contributed by atoms with Crippen LogP contribution in [0.2, 0.25) is 0 Å². The third-order valence-corrected chi connectivity index (χ3v) is 7.21. The molecule has 0 aliphatic rings. The number of hydrogen-bond donors (Lipinski definition) is 1. The van der Waals surface area contributed by atoms with Gasteiger partial charge >= 0.3 is 5.97 Å². The molecule has 1 heterocycles. The summed E-state index contributed by atoms with van der Waals surface area (Å²) >= 11 is 7.82. The first-order chi connectivity index (χ1) is 16.8. The lowest BCUT2D eigenvalue weighted by molar-refractivity contribution is 0.0697. The Labute approximate surface area is 236 Å². The first kappa shape index (κ1) is 25.8. The predicted octanol–water partition coefficient (Wildman–Crippen LogP) is 6.09. The van der Waals surface area contributed by atoms with Gasteiger partial charge in [0, 0.05) is 10.9 Å². The summed E-state index contributed by atoms with van der Waals surface area (Å²) in [6.07, 6.45) is 2.21. The number of aromatic nitrogens is 2. The Kier molecular flexibility index (Phi) is 8.22. The Morgan fingerprint density at radius 1 is 1.14 bits per heavy atom. The zero-order chi connectivity index (χ0) is 25.1. The normalized spacial score (nSPS) is 11.3. The van der Waals surface area contributed by atoms with Crippen LogP contribution in [0.15, 0.2) is 69.0 Å². The molecule has 0 saturated carbocycles. The molecule has 0 spiro atoms. The Morgan fingerprint density at radius 3 is 2.46 bits per heavy atom. The fourth-order valence-electron chi connectivity index (χ4n) is 3.36. The average Bonchev–Trinajstić information content (AvgIpc) is 2.83. The van der Waals surface area contributed by atoms with Gasteiger partial charge in [0.15, 0.2) is 0 Å². The monoisotopic (exact) mass is 757 g/mol. The molecule has 0 fully saturated rings. The molecule has 0 saturated heterocycles. The van der Waals surface area contributed by atoms with Crippen LogP contribution in [0.3, 0.4) is 0 Å². The van der Waals surface area contributed by atoms with Gasteiger partial charge in [0.05, 0.1) is 29.8 Å². The molecule has 7 nitrogen and oxygen atoms in total. The summed E-state index contributed by atoms with van der Waals surface area (Å²) in [4.78, 5) is 28.7. The molecular formula is C25H18BrI2N3O4. The molecule has 3 aromatic carbocycles. The smallest absolute Gasteiger partial charge is 0.335 e. The highest BCUT2D eigenvalue weighted by molar-refractivity contribution is 14.1. The van der Waals surface area contributed by atoms with E-state index in [4.69, 9.17) is 9.84 Å². The molecule has 0 aliphatic heterocycles. The van der Waals surface area contributed by atoms with Gasteiger partial charge in [0.2, 0.25) is 0 Å². The first-order valence-corrected chi connectivity index (χ1v) is 13.4. The zero-order valence-corrected chi connectivity index (χ0v) is 24.2. The lowest BCUT2D eigenvalue weighted by atomic mass is 10.1. The van der Waals surface area contributed by atoms with Crippen molar-refractivity contribution in [2.24, 2.45) is 5.10 Å². The van der Waals surface area contributed by atoms with Crippen LogP contribution in [0.1, 0.15) is 34.2 Å². The highest BCUT2D eigenvalue weighted by Crippen LogP contribution is 2.29. The van der Waals surface area contributed by atoms with E-state index in [-0.39, 0.29) is 11.1 Å². The Bertz CT molecular complexity index is 1500. The standard InChI is InChI=1S/C25H18BrI2N3O4/c1-2-22-30-21-8-7-17(26)11-18(21)24(32)31(22)29-12-15-9-19(27)23(20(28)10-15)35-13-14-3-5-16(6-4-14)25(33)34/h3-12H,2,13H2,1H3,(H,33,34). The van der Waals surface area contributed by atoms with Crippen molar-refractivity contribution in [3.05, 3.63) is 99.1 Å². The van der Waals surface area contributed by atoms with Gasteiger partial charge < -0.3 is 9.84 Å². The lowest BCUT2D eigenvalue weighted by Crippen LogP contribution is -2.22. The Balaban J connectivity index is 1.58. The number of carboxylic acid groups (broad SMARTS) is 1. The molecular weight excluding hydrogens is 740 g/mol. The first-order valence-electron chi connectivity index (χ1n) is 10.5. The van der Waals surface area contributed by atoms with Gasteiger partial charge in [-0.05, 0) is 98.8 Å². The fourth-order valence-corrected chi connectivity index (χ4v) is 5.85. The topological polar surface area (TPSA) is 93.8 Å². The van der Waals surface area contributed by atoms with E-state index in [9.17, 15) is 9.59 Å². The van der Waals surface area contributed by atoms with Crippen molar-refractivity contribution in [1.82, 2.24) is 9.66 Å². The summed E-state index contributed by atoms with van der Waals surface area (Å²) in [5.74, 6) is 0.355. The number of rotatable bonds is 7. The number of ether oxygens (including phenoxy) is 1. The summed E-state index contributed by atoms with van der Waals surface area (Å²) in [5.41, 5.74) is 2.35. The van der Waals surface area contributed by atoms with E-state index in [1.807, 2.05) is 31.2 Å². The second kappa shape index (κ2) is 11.2. The van der Waals surface area contributed by atoms with Crippen LogP contribution in [-0.4, -0.2) is 27.0 Å². The van der Waals surface area contributed by atoms with Crippen LogP contribution in [-0.2, 0) is 13.0 Å². The maximum Gasteiger partial charge on any atom is 0.335 e. The molecule has 4 rings (SSSR count). The number of benzene rings is 3. The number of halogens is 3. The second-order valence-corrected chi connectivity index (χ2v) is 10.7. The highest BCUT2D eigenvalue weighted by Gasteiger charge is 2.12. The summed E-state index contributed by atoms with van der Waals surface area (Å²) in [5, 5.41) is 14.0. The second-order valence-electron chi connectivity index (χ2n) is 7.51. The van der Waals surface area contributed by atoms with Crippen LogP contribution in [0.25, 0.3) is 10.9 Å². The van der Waals surface area contributed by atoms with Gasteiger partial charge in [0.1, 0.15) is 18.2 Å². The zero-order valence-electron chi connectivity index (χ0n) is 18.3. The minimum absolute atomic E-state index is 0.220. The molecule has 0 amide bonds. The number of carbonyl (C=O) groups is 1. The maximum absolute atomic E-state index is 13.1. The number of nitrogens with zero attached hydrogens (tertiary/aromatic N) is 3. The Hall–Kier alpha value is -2.32. The SMILES string of the molecule is CCc1nc2ccc(Br)cc2c(=O)n1N=Cc1cc(I)c(OCc2ccc(C(=O)O)cc2)c(I)c1. The molecule has 0 aliphatic carbocycles. The number of aromatic carboxylic acids is 1. The molecule has 0 unspecified atom stereocenters. The van der Waals surface area contributed by atoms with Crippen LogP contribution in [0.4, 0.5) is 0 Å². The van der Waals surface area contributed by atoms with Gasteiger partial charge in [-0.1, -0.05) is 35.0 Å². The van der Waals surface area contributed by atoms with Gasteiger partial charge in [-0.2, -0.15) is 9.78 Å². The lowest BCUT2D eigenvalue weighted by Gasteiger charge is -2.12. The van der Waals surface area contributed by atoms with E-state index < -0.39 is 5.97 Å². The maximum atomic E-state index is 13.1. The van der Waals surface area contributed by atoms with Gasteiger partial charge in [-0.25, -0.2) is 9.78 Å². The minimum Gasteiger partial charge on any atom is -0.487 e. The van der Waals surface area contributed by atoms with E-state index in [0.717, 1.165) is 28.5 Å². The average molecular weight is 758 g/mol. The number of carboxylic acids is 1. The van der Waals surface area contributed by atoms with Crippen LogP contribution in [0, 0.1) is 7.14 Å². The van der Waals surface area contributed by atoms with Crippen molar-refractivity contribution >= 4 is 84.2 Å².